The first-order chi connectivity index (χ1) is 4.34. The van der Waals surface area contributed by atoms with Crippen molar-refractivity contribution in [1.82, 2.24) is 10.2 Å². The number of H-pyrrole nitrogens is 1. The van der Waals surface area contributed by atoms with E-state index in [0.29, 0.717) is 10.2 Å². The normalized spacial score (nSPS) is 8.33. The Morgan fingerprint density at radius 3 is 3.00 bits per heavy atom. The van der Waals surface area contributed by atoms with E-state index in [9.17, 15) is 0 Å². The van der Waals surface area contributed by atoms with E-state index in [0.717, 1.165) is 0 Å². The molecule has 1 aromatic rings. The van der Waals surface area contributed by atoms with Gasteiger partial charge in [0.15, 0.2) is 0 Å². The number of hydrogen-bond donors (Lipinski definition) is 1. The second-order valence-corrected chi connectivity index (χ2v) is 1.82. The standard InChI is InChI=1S/C5H3N3S/c6-3-4-1-2-7-8-5(4)9/h1-2H,(H,8,9). The van der Waals surface area contributed by atoms with Crippen LogP contribution in [0.5, 0.6) is 0 Å². The summed E-state index contributed by atoms with van der Waals surface area (Å²) in [5.74, 6) is 0. The number of nitrogens with one attached hydrogen (secondary N) is 1. The zero-order valence-corrected chi connectivity index (χ0v) is 5.27. The molecule has 3 nitrogen and oxygen atoms in total. The Bertz CT molecular complexity index is 296. The molecular formula is C5H3N3S. The molecule has 0 saturated heterocycles. The lowest BCUT2D eigenvalue weighted by Gasteiger charge is -1.83. The van der Waals surface area contributed by atoms with Crippen LogP contribution in [-0.2, 0) is 0 Å². The molecule has 0 saturated carbocycles. The molecule has 1 N–H and O–H groups in total. The fourth-order valence-corrected chi connectivity index (χ4v) is 0.598. The zero-order valence-electron chi connectivity index (χ0n) is 4.46. The summed E-state index contributed by atoms with van der Waals surface area (Å²) in [6.07, 6.45) is 1.49. The summed E-state index contributed by atoms with van der Waals surface area (Å²) in [6.45, 7) is 0. The number of hydrogen-bond acceptors (Lipinski definition) is 3. The van der Waals surface area contributed by atoms with Gasteiger partial charge < -0.3 is 0 Å². The van der Waals surface area contributed by atoms with Crippen molar-refractivity contribution >= 4 is 12.2 Å². The Kier molecular flexibility index (Phi) is 1.56. The summed E-state index contributed by atoms with van der Waals surface area (Å²) in [6, 6.07) is 3.49. The molecule has 9 heavy (non-hydrogen) atoms. The summed E-state index contributed by atoms with van der Waals surface area (Å²) >= 11 is 4.71. The van der Waals surface area contributed by atoms with Crippen molar-refractivity contribution in [1.29, 1.82) is 5.26 Å². The van der Waals surface area contributed by atoms with E-state index < -0.39 is 0 Å². The van der Waals surface area contributed by atoms with Gasteiger partial charge in [-0.2, -0.15) is 10.4 Å². The van der Waals surface area contributed by atoms with E-state index in [1.54, 1.807) is 6.07 Å². The van der Waals surface area contributed by atoms with E-state index in [2.05, 4.69) is 10.2 Å². The third-order valence-electron chi connectivity index (χ3n) is 0.847. The quantitative estimate of drug-likeness (QED) is 0.543. The highest BCUT2D eigenvalue weighted by Gasteiger charge is 1.87. The molecule has 0 aliphatic heterocycles. The first-order valence-electron chi connectivity index (χ1n) is 2.28. The van der Waals surface area contributed by atoms with Gasteiger partial charge in [0.1, 0.15) is 10.7 Å². The number of aromatic nitrogens is 2. The molecule has 0 aromatic carbocycles. The minimum Gasteiger partial charge on any atom is -0.267 e. The predicted molar refractivity (Wildman–Crippen MR) is 34.1 cm³/mol. The molecule has 4 heteroatoms. The fourth-order valence-electron chi connectivity index (χ4n) is 0.432. The van der Waals surface area contributed by atoms with Crippen LogP contribution in [0.25, 0.3) is 0 Å². The molecule has 1 heterocycles. The third kappa shape index (κ3) is 1.12. The highest BCUT2D eigenvalue weighted by atomic mass is 32.1. The van der Waals surface area contributed by atoms with Crippen molar-refractivity contribution in [2.75, 3.05) is 0 Å². The van der Waals surface area contributed by atoms with Crippen LogP contribution in [0.15, 0.2) is 12.3 Å². The van der Waals surface area contributed by atoms with E-state index in [1.165, 1.54) is 6.20 Å². The molecule has 0 amide bonds. The molecular weight excluding hydrogens is 134 g/mol. The molecule has 0 fully saturated rings. The van der Waals surface area contributed by atoms with Crippen molar-refractivity contribution in [2.45, 2.75) is 0 Å². The van der Waals surface area contributed by atoms with Crippen LogP contribution in [0.2, 0.25) is 0 Å². The topological polar surface area (TPSA) is 52.5 Å². The second kappa shape index (κ2) is 2.37. The highest BCUT2D eigenvalue weighted by molar-refractivity contribution is 7.71. The Labute approximate surface area is 57.0 Å². The average molecular weight is 137 g/mol. The molecule has 0 aliphatic carbocycles. The van der Waals surface area contributed by atoms with Crippen LogP contribution in [0.1, 0.15) is 5.56 Å². The van der Waals surface area contributed by atoms with Gasteiger partial charge in [-0.15, -0.1) is 0 Å². The lowest BCUT2D eigenvalue weighted by Crippen LogP contribution is -1.82. The minimum absolute atomic E-state index is 0.389. The number of nitrogens with zero attached hydrogens (tertiary/aromatic N) is 2. The summed E-state index contributed by atoms with van der Waals surface area (Å²) < 4.78 is 0.389. The minimum atomic E-state index is 0.389. The molecule has 1 rings (SSSR count). The van der Waals surface area contributed by atoms with Gasteiger partial charge in [0.2, 0.25) is 0 Å². The smallest absolute Gasteiger partial charge is 0.137 e. The van der Waals surface area contributed by atoms with Crippen molar-refractivity contribution in [3.8, 4) is 6.07 Å². The van der Waals surface area contributed by atoms with Gasteiger partial charge in [-0.3, -0.25) is 5.10 Å². The van der Waals surface area contributed by atoms with Crippen LogP contribution in [0, 0.1) is 16.0 Å². The lowest BCUT2D eigenvalue weighted by atomic mass is 10.3. The van der Waals surface area contributed by atoms with Gasteiger partial charge in [-0.05, 0) is 6.07 Å². The molecule has 0 aliphatic rings. The highest BCUT2D eigenvalue weighted by Crippen LogP contribution is 1.92. The molecule has 0 bridgehead atoms. The number of aromatic amines is 1. The third-order valence-corrected chi connectivity index (χ3v) is 1.16. The SMILES string of the molecule is N#Cc1ccn[nH]c1=S. The van der Waals surface area contributed by atoms with Gasteiger partial charge in [0, 0.05) is 6.20 Å². The second-order valence-electron chi connectivity index (χ2n) is 1.41. The Hall–Kier alpha value is -1.21. The van der Waals surface area contributed by atoms with Crippen molar-refractivity contribution in [3.63, 3.8) is 0 Å². The van der Waals surface area contributed by atoms with E-state index in [-0.39, 0.29) is 0 Å². The zero-order chi connectivity index (χ0) is 6.69. The predicted octanol–water partition coefficient (Wildman–Crippen LogP) is 1.01. The summed E-state index contributed by atoms with van der Waals surface area (Å²) in [4.78, 5) is 0. The Balaban J connectivity index is 3.38. The number of rotatable bonds is 0. The molecule has 0 unspecified atom stereocenters. The van der Waals surface area contributed by atoms with Crippen LogP contribution in [-0.4, -0.2) is 10.2 Å². The van der Waals surface area contributed by atoms with Crippen LogP contribution >= 0.6 is 12.2 Å². The lowest BCUT2D eigenvalue weighted by molar-refractivity contribution is 1.01. The molecule has 0 radical (unpaired) electrons. The van der Waals surface area contributed by atoms with E-state index in [1.807, 2.05) is 6.07 Å². The van der Waals surface area contributed by atoms with Crippen LogP contribution < -0.4 is 0 Å². The maximum Gasteiger partial charge on any atom is 0.137 e. The van der Waals surface area contributed by atoms with Crippen molar-refractivity contribution < 1.29 is 0 Å². The van der Waals surface area contributed by atoms with Gasteiger partial charge in [0.05, 0.1) is 5.56 Å². The van der Waals surface area contributed by atoms with Gasteiger partial charge in [-0.25, -0.2) is 0 Å². The average Bonchev–Trinajstić information content (AvgIpc) is 1.89. The largest absolute Gasteiger partial charge is 0.267 e. The summed E-state index contributed by atoms with van der Waals surface area (Å²) in [5.41, 5.74) is 0.458. The molecule has 0 spiro atoms. The first-order valence-corrected chi connectivity index (χ1v) is 2.69. The maximum absolute atomic E-state index is 8.35. The monoisotopic (exact) mass is 137 g/mol. The Morgan fingerprint density at radius 1 is 1.78 bits per heavy atom. The molecule has 0 atom stereocenters. The van der Waals surface area contributed by atoms with Crippen LogP contribution in [0.3, 0.4) is 0 Å². The maximum atomic E-state index is 8.35. The van der Waals surface area contributed by atoms with Crippen molar-refractivity contribution in [2.24, 2.45) is 0 Å². The summed E-state index contributed by atoms with van der Waals surface area (Å²) in [5, 5.41) is 14.5. The number of nitriles is 1. The fraction of sp³-hybridized carbons (Fsp3) is 0. The van der Waals surface area contributed by atoms with E-state index in [4.69, 9.17) is 17.5 Å². The Morgan fingerprint density at radius 2 is 2.56 bits per heavy atom. The van der Waals surface area contributed by atoms with Gasteiger partial charge in [-0.1, -0.05) is 12.2 Å². The van der Waals surface area contributed by atoms with Gasteiger partial charge in [0.25, 0.3) is 0 Å². The summed E-state index contributed by atoms with van der Waals surface area (Å²) in [7, 11) is 0. The molecule has 44 valence electrons. The molecule has 1 aromatic heterocycles. The first kappa shape index (κ1) is 5.92. The van der Waals surface area contributed by atoms with E-state index >= 15 is 0 Å². The van der Waals surface area contributed by atoms with Crippen LogP contribution in [0.4, 0.5) is 0 Å². The van der Waals surface area contributed by atoms with Gasteiger partial charge >= 0.3 is 0 Å². The van der Waals surface area contributed by atoms with Crippen molar-refractivity contribution in [3.05, 3.63) is 22.5 Å².